The Bertz CT molecular complexity index is 217. The molecule has 1 aliphatic rings. The van der Waals surface area contributed by atoms with Crippen molar-refractivity contribution in [2.24, 2.45) is 5.73 Å². The summed E-state index contributed by atoms with van der Waals surface area (Å²) in [7, 11) is 0. The van der Waals surface area contributed by atoms with E-state index in [1.165, 1.54) is 4.90 Å². The minimum absolute atomic E-state index is 0.0397. The maximum absolute atomic E-state index is 11.8. The fraction of sp³-hybridized carbons (Fsp3) is 0.875. The van der Waals surface area contributed by atoms with Crippen molar-refractivity contribution in [3.63, 3.8) is 0 Å². The van der Waals surface area contributed by atoms with Crippen molar-refractivity contribution in [3.05, 3.63) is 0 Å². The van der Waals surface area contributed by atoms with Crippen molar-refractivity contribution >= 4 is 5.91 Å². The molecule has 1 aliphatic heterocycles. The van der Waals surface area contributed by atoms with Crippen LogP contribution in [-0.4, -0.2) is 36.1 Å². The third kappa shape index (κ3) is 3.53. The minimum atomic E-state index is -4.13. The lowest BCUT2D eigenvalue weighted by Crippen LogP contribution is -2.29. The lowest BCUT2D eigenvalue weighted by Gasteiger charge is -2.16. The number of alkyl halides is 3. The summed E-state index contributed by atoms with van der Waals surface area (Å²) in [5.74, 6) is -0.139. The number of hydrogen-bond donors (Lipinski definition) is 1. The summed E-state index contributed by atoms with van der Waals surface area (Å²) in [6.45, 7) is 0.544. The van der Waals surface area contributed by atoms with Gasteiger partial charge in [0, 0.05) is 32.0 Å². The van der Waals surface area contributed by atoms with E-state index in [0.717, 1.165) is 0 Å². The van der Waals surface area contributed by atoms with Crippen LogP contribution < -0.4 is 5.73 Å². The number of nitrogens with two attached hydrogens (primary N) is 1. The molecule has 14 heavy (non-hydrogen) atoms. The zero-order valence-electron chi connectivity index (χ0n) is 7.68. The Morgan fingerprint density at radius 1 is 1.50 bits per heavy atom. The van der Waals surface area contributed by atoms with E-state index in [2.05, 4.69) is 0 Å². The van der Waals surface area contributed by atoms with Crippen molar-refractivity contribution in [2.45, 2.75) is 31.5 Å². The SMILES string of the molecule is NC1CC(=O)N(CCCC(F)(F)F)C1. The zero-order valence-corrected chi connectivity index (χ0v) is 7.68. The third-order valence-corrected chi connectivity index (χ3v) is 2.13. The Hall–Kier alpha value is -0.780. The summed E-state index contributed by atoms with van der Waals surface area (Å²) >= 11 is 0. The predicted octanol–water partition coefficient (Wildman–Crippen LogP) is 0.888. The molecule has 0 aromatic heterocycles. The van der Waals surface area contributed by atoms with Gasteiger partial charge >= 0.3 is 6.18 Å². The first-order valence-electron chi connectivity index (χ1n) is 4.48. The molecule has 1 amide bonds. The molecule has 6 heteroatoms. The van der Waals surface area contributed by atoms with Crippen molar-refractivity contribution in [1.82, 2.24) is 4.90 Å². The Morgan fingerprint density at radius 2 is 2.14 bits per heavy atom. The maximum atomic E-state index is 11.8. The summed E-state index contributed by atoms with van der Waals surface area (Å²) in [6.07, 6.45) is -4.76. The molecule has 0 bridgehead atoms. The van der Waals surface area contributed by atoms with Gasteiger partial charge in [0.1, 0.15) is 0 Å². The van der Waals surface area contributed by atoms with Crippen LogP contribution in [-0.2, 0) is 4.79 Å². The second-order valence-corrected chi connectivity index (χ2v) is 3.52. The molecule has 1 atom stereocenters. The van der Waals surface area contributed by atoms with Crippen molar-refractivity contribution in [3.8, 4) is 0 Å². The number of hydrogen-bond acceptors (Lipinski definition) is 2. The van der Waals surface area contributed by atoms with Crippen LogP contribution in [0.25, 0.3) is 0 Å². The van der Waals surface area contributed by atoms with E-state index < -0.39 is 12.6 Å². The second kappa shape index (κ2) is 4.16. The van der Waals surface area contributed by atoms with Crippen LogP contribution in [0.4, 0.5) is 13.2 Å². The van der Waals surface area contributed by atoms with Crippen LogP contribution in [0, 0.1) is 0 Å². The van der Waals surface area contributed by atoms with E-state index in [1.807, 2.05) is 0 Å². The Kier molecular flexibility index (Phi) is 3.36. The molecule has 0 aromatic rings. The highest BCUT2D eigenvalue weighted by Crippen LogP contribution is 2.22. The van der Waals surface area contributed by atoms with Gasteiger partial charge in [-0.05, 0) is 6.42 Å². The molecular formula is C8H13F3N2O. The lowest BCUT2D eigenvalue weighted by atomic mass is 10.3. The van der Waals surface area contributed by atoms with Gasteiger partial charge in [0.05, 0.1) is 0 Å². The monoisotopic (exact) mass is 210 g/mol. The highest BCUT2D eigenvalue weighted by molar-refractivity contribution is 5.79. The van der Waals surface area contributed by atoms with Crippen LogP contribution in [0.1, 0.15) is 19.3 Å². The minimum Gasteiger partial charge on any atom is -0.341 e. The number of carbonyl (C=O) groups is 1. The largest absolute Gasteiger partial charge is 0.389 e. The van der Waals surface area contributed by atoms with Gasteiger partial charge in [-0.1, -0.05) is 0 Å². The van der Waals surface area contributed by atoms with Crippen LogP contribution >= 0.6 is 0 Å². The highest BCUT2D eigenvalue weighted by Gasteiger charge is 2.29. The number of rotatable bonds is 3. The number of likely N-dealkylation sites (tertiary alicyclic amines) is 1. The highest BCUT2D eigenvalue weighted by atomic mass is 19.4. The molecule has 82 valence electrons. The topological polar surface area (TPSA) is 46.3 Å². The fourth-order valence-electron chi connectivity index (χ4n) is 1.49. The number of carbonyl (C=O) groups excluding carboxylic acids is 1. The summed E-state index contributed by atoms with van der Waals surface area (Å²) < 4.78 is 35.3. The van der Waals surface area contributed by atoms with Gasteiger partial charge < -0.3 is 10.6 Å². The number of nitrogens with zero attached hydrogens (tertiary/aromatic N) is 1. The van der Waals surface area contributed by atoms with Crippen molar-refractivity contribution < 1.29 is 18.0 Å². The van der Waals surface area contributed by atoms with Gasteiger partial charge in [0.2, 0.25) is 5.91 Å². The Balaban J connectivity index is 2.22. The molecule has 1 unspecified atom stereocenters. The van der Waals surface area contributed by atoms with E-state index >= 15 is 0 Å². The molecule has 0 spiro atoms. The van der Waals surface area contributed by atoms with Gasteiger partial charge in [0.25, 0.3) is 0 Å². The molecule has 0 aliphatic carbocycles. The average Bonchev–Trinajstić information content (AvgIpc) is 2.27. The van der Waals surface area contributed by atoms with Crippen LogP contribution in [0.3, 0.4) is 0 Å². The average molecular weight is 210 g/mol. The Morgan fingerprint density at radius 3 is 2.57 bits per heavy atom. The molecule has 1 heterocycles. The molecule has 0 radical (unpaired) electrons. The fourth-order valence-corrected chi connectivity index (χ4v) is 1.49. The summed E-state index contributed by atoms with van der Waals surface area (Å²) in [5.41, 5.74) is 5.49. The smallest absolute Gasteiger partial charge is 0.341 e. The summed E-state index contributed by atoms with van der Waals surface area (Å²) in [5, 5.41) is 0. The third-order valence-electron chi connectivity index (χ3n) is 2.13. The Labute approximate surface area is 80.0 Å². The first-order valence-corrected chi connectivity index (χ1v) is 4.48. The molecule has 1 fully saturated rings. The van der Waals surface area contributed by atoms with Crippen LogP contribution in [0.15, 0.2) is 0 Å². The van der Waals surface area contributed by atoms with Crippen LogP contribution in [0.2, 0.25) is 0 Å². The predicted molar refractivity (Wildman–Crippen MR) is 44.5 cm³/mol. The summed E-state index contributed by atoms with van der Waals surface area (Å²) in [4.78, 5) is 12.5. The molecular weight excluding hydrogens is 197 g/mol. The molecule has 0 aromatic carbocycles. The maximum Gasteiger partial charge on any atom is 0.389 e. The van der Waals surface area contributed by atoms with Gasteiger partial charge in [-0.25, -0.2) is 0 Å². The summed E-state index contributed by atoms with van der Waals surface area (Å²) in [6, 6.07) is -0.214. The van der Waals surface area contributed by atoms with E-state index in [1.54, 1.807) is 0 Å². The quantitative estimate of drug-likeness (QED) is 0.751. The molecule has 1 rings (SSSR count). The van der Waals surface area contributed by atoms with Gasteiger partial charge in [0.15, 0.2) is 0 Å². The van der Waals surface area contributed by atoms with E-state index in [-0.39, 0.29) is 31.3 Å². The first-order chi connectivity index (χ1) is 6.38. The first kappa shape index (κ1) is 11.3. The van der Waals surface area contributed by atoms with E-state index in [9.17, 15) is 18.0 Å². The second-order valence-electron chi connectivity index (χ2n) is 3.52. The normalized spacial score (nSPS) is 23.3. The number of amides is 1. The lowest BCUT2D eigenvalue weighted by molar-refractivity contribution is -0.139. The van der Waals surface area contributed by atoms with Gasteiger partial charge in [-0.2, -0.15) is 13.2 Å². The van der Waals surface area contributed by atoms with Gasteiger partial charge in [-0.15, -0.1) is 0 Å². The molecule has 1 saturated heterocycles. The number of halogens is 3. The van der Waals surface area contributed by atoms with Crippen molar-refractivity contribution in [1.29, 1.82) is 0 Å². The van der Waals surface area contributed by atoms with Crippen LogP contribution in [0.5, 0.6) is 0 Å². The van der Waals surface area contributed by atoms with Crippen molar-refractivity contribution in [2.75, 3.05) is 13.1 Å². The molecule has 0 saturated carbocycles. The zero-order chi connectivity index (χ0) is 10.8. The molecule has 2 N–H and O–H groups in total. The van der Waals surface area contributed by atoms with Gasteiger partial charge in [-0.3, -0.25) is 4.79 Å². The standard InChI is InChI=1S/C8H13F3N2O/c9-8(10,11)2-1-3-13-5-6(12)4-7(13)14/h6H,1-5,12H2. The van der Waals surface area contributed by atoms with E-state index in [0.29, 0.717) is 6.54 Å². The molecule has 3 nitrogen and oxygen atoms in total. The van der Waals surface area contributed by atoms with E-state index in [4.69, 9.17) is 5.73 Å².